The van der Waals surface area contributed by atoms with E-state index in [2.05, 4.69) is 10.6 Å². The second-order valence-electron chi connectivity index (χ2n) is 6.93. The number of ketones is 1. The Morgan fingerprint density at radius 3 is 2.67 bits per heavy atom. The monoisotopic (exact) mass is 312 g/mol. The van der Waals surface area contributed by atoms with Gasteiger partial charge in [-0.25, -0.2) is 0 Å². The first kappa shape index (κ1) is 15.3. The summed E-state index contributed by atoms with van der Waals surface area (Å²) in [5.41, 5.74) is -0.374. The van der Waals surface area contributed by atoms with E-state index in [1.54, 1.807) is 0 Å². The molecular weight excluding hydrogens is 288 g/mol. The maximum atomic E-state index is 12.6. The molecule has 5 heteroatoms. The fourth-order valence-electron chi connectivity index (χ4n) is 4.57. The Hall–Kier alpha value is -0.610. The predicted molar refractivity (Wildman–Crippen MR) is 82.3 cm³/mol. The smallest absolute Gasteiger partial charge is 0.228 e. The zero-order valence-electron chi connectivity index (χ0n) is 12.5. The first-order valence-corrected chi connectivity index (χ1v) is 8.84. The predicted octanol–water partition coefficient (Wildman–Crippen LogP) is 2.00. The number of fused-ring (bicyclic) bond motifs is 2. The van der Waals surface area contributed by atoms with E-state index in [0.717, 1.165) is 12.8 Å². The Kier molecular flexibility index (Phi) is 4.55. The van der Waals surface area contributed by atoms with Gasteiger partial charge in [0.15, 0.2) is 5.78 Å². The zero-order valence-corrected chi connectivity index (χ0v) is 13.3. The van der Waals surface area contributed by atoms with Crippen molar-refractivity contribution in [2.45, 2.75) is 63.5 Å². The molecule has 3 fully saturated rings. The summed E-state index contributed by atoms with van der Waals surface area (Å²) < 4.78 is 0. The van der Waals surface area contributed by atoms with Gasteiger partial charge in [-0.1, -0.05) is 32.1 Å². The van der Waals surface area contributed by atoms with Crippen molar-refractivity contribution in [3.63, 3.8) is 0 Å². The molecule has 2 N–H and O–H groups in total. The number of alkyl halides is 1. The van der Waals surface area contributed by atoms with Gasteiger partial charge in [0, 0.05) is 12.6 Å². The summed E-state index contributed by atoms with van der Waals surface area (Å²) in [5, 5.41) is 6.50. The largest absolute Gasteiger partial charge is 0.353 e. The molecular formula is C16H25ClN2O2. The summed E-state index contributed by atoms with van der Waals surface area (Å²) in [4.78, 5) is 24.5. The number of carbonyl (C=O) groups excluding carboxylic acids is 2. The van der Waals surface area contributed by atoms with E-state index in [1.165, 1.54) is 32.1 Å². The van der Waals surface area contributed by atoms with E-state index in [4.69, 9.17) is 11.6 Å². The van der Waals surface area contributed by atoms with E-state index in [-0.39, 0.29) is 29.0 Å². The topological polar surface area (TPSA) is 58.2 Å². The highest BCUT2D eigenvalue weighted by atomic mass is 35.5. The number of hydrogen-bond donors (Lipinski definition) is 2. The first-order valence-electron chi connectivity index (χ1n) is 8.30. The number of nitrogens with one attached hydrogen (secondary N) is 2. The van der Waals surface area contributed by atoms with Crippen molar-refractivity contribution in [3.05, 3.63) is 0 Å². The Morgan fingerprint density at radius 2 is 1.90 bits per heavy atom. The van der Waals surface area contributed by atoms with Gasteiger partial charge in [-0.15, -0.1) is 11.6 Å². The minimum absolute atomic E-state index is 0.0212. The van der Waals surface area contributed by atoms with Crippen molar-refractivity contribution in [1.82, 2.24) is 10.6 Å². The molecule has 118 valence electrons. The van der Waals surface area contributed by atoms with Gasteiger partial charge in [0.05, 0.1) is 17.3 Å². The SMILES string of the molecule is O=C(CCl)C1CC2(CN1)C(=O)NC1CCCCCCCC12. The minimum Gasteiger partial charge on any atom is -0.353 e. The standard InChI is InChI=1S/C16H25ClN2O2/c17-9-14(20)13-8-16(10-18-13)11-6-4-2-1-3-5-7-12(11)19-15(16)21/h11-13,18H,1-10H2,(H,19,21). The van der Waals surface area contributed by atoms with Gasteiger partial charge in [-0.3, -0.25) is 9.59 Å². The fourth-order valence-corrected chi connectivity index (χ4v) is 4.75. The molecule has 4 atom stereocenters. The molecule has 1 aliphatic carbocycles. The third kappa shape index (κ3) is 2.72. The average molecular weight is 313 g/mol. The van der Waals surface area contributed by atoms with Crippen LogP contribution >= 0.6 is 11.6 Å². The Labute approximate surface area is 131 Å². The van der Waals surface area contributed by atoms with Crippen LogP contribution in [-0.4, -0.2) is 36.2 Å². The van der Waals surface area contributed by atoms with Crippen LogP contribution in [0.5, 0.6) is 0 Å². The molecule has 0 radical (unpaired) electrons. The highest BCUT2D eigenvalue weighted by Crippen LogP contribution is 2.47. The molecule has 3 aliphatic rings. The normalized spacial score (nSPS) is 40.2. The Balaban J connectivity index is 1.80. The van der Waals surface area contributed by atoms with Crippen molar-refractivity contribution < 1.29 is 9.59 Å². The molecule has 21 heavy (non-hydrogen) atoms. The van der Waals surface area contributed by atoms with Crippen LogP contribution < -0.4 is 10.6 Å². The van der Waals surface area contributed by atoms with Crippen LogP contribution in [0.25, 0.3) is 0 Å². The molecule has 0 aromatic carbocycles. The highest BCUT2D eigenvalue weighted by Gasteiger charge is 2.58. The lowest BCUT2D eigenvalue weighted by molar-refractivity contribution is -0.128. The molecule has 1 spiro atoms. The van der Waals surface area contributed by atoms with E-state index in [1.807, 2.05) is 0 Å². The number of rotatable bonds is 2. The lowest BCUT2D eigenvalue weighted by Gasteiger charge is -2.30. The third-order valence-corrected chi connectivity index (χ3v) is 6.01. The van der Waals surface area contributed by atoms with Gasteiger partial charge in [-0.05, 0) is 25.2 Å². The van der Waals surface area contributed by atoms with E-state index in [9.17, 15) is 9.59 Å². The van der Waals surface area contributed by atoms with E-state index in [0.29, 0.717) is 24.9 Å². The Bertz CT molecular complexity index is 429. The van der Waals surface area contributed by atoms with E-state index < -0.39 is 0 Å². The van der Waals surface area contributed by atoms with Gasteiger partial charge in [0.2, 0.25) is 5.91 Å². The maximum absolute atomic E-state index is 12.6. The van der Waals surface area contributed by atoms with Crippen molar-refractivity contribution in [1.29, 1.82) is 0 Å². The van der Waals surface area contributed by atoms with Crippen LogP contribution in [0.2, 0.25) is 0 Å². The minimum atomic E-state index is -0.374. The van der Waals surface area contributed by atoms with Crippen molar-refractivity contribution in [2.75, 3.05) is 12.4 Å². The molecule has 4 unspecified atom stereocenters. The summed E-state index contributed by atoms with van der Waals surface area (Å²) in [6.07, 6.45) is 9.08. The maximum Gasteiger partial charge on any atom is 0.228 e. The van der Waals surface area contributed by atoms with Crippen LogP contribution in [0.3, 0.4) is 0 Å². The van der Waals surface area contributed by atoms with Gasteiger partial charge in [-0.2, -0.15) is 0 Å². The second kappa shape index (κ2) is 6.25. The van der Waals surface area contributed by atoms with Gasteiger partial charge >= 0.3 is 0 Å². The number of halogens is 1. The molecule has 2 heterocycles. The highest BCUT2D eigenvalue weighted by molar-refractivity contribution is 6.28. The number of hydrogen-bond acceptors (Lipinski definition) is 3. The summed E-state index contributed by atoms with van der Waals surface area (Å²) >= 11 is 5.68. The molecule has 0 aromatic heterocycles. The van der Waals surface area contributed by atoms with Crippen molar-refractivity contribution in [3.8, 4) is 0 Å². The molecule has 3 rings (SSSR count). The zero-order chi connectivity index (χ0) is 14.9. The van der Waals surface area contributed by atoms with Crippen LogP contribution in [0.4, 0.5) is 0 Å². The molecule has 2 saturated heterocycles. The number of amides is 1. The molecule has 0 aromatic rings. The molecule has 2 aliphatic heterocycles. The molecule has 0 bridgehead atoms. The fraction of sp³-hybridized carbons (Fsp3) is 0.875. The molecule has 1 saturated carbocycles. The molecule has 4 nitrogen and oxygen atoms in total. The number of Topliss-reactive ketones (excluding diaryl/α,β-unsaturated/α-hetero) is 1. The number of carbonyl (C=O) groups is 2. The first-order chi connectivity index (χ1) is 10.2. The third-order valence-electron chi connectivity index (χ3n) is 5.75. The van der Waals surface area contributed by atoms with Crippen LogP contribution in [0.1, 0.15) is 51.4 Å². The van der Waals surface area contributed by atoms with Crippen LogP contribution in [-0.2, 0) is 9.59 Å². The van der Waals surface area contributed by atoms with Gasteiger partial charge in [0.1, 0.15) is 0 Å². The van der Waals surface area contributed by atoms with Gasteiger partial charge < -0.3 is 10.6 Å². The second-order valence-corrected chi connectivity index (χ2v) is 7.19. The summed E-state index contributed by atoms with van der Waals surface area (Å²) in [6, 6.07) is 0.0712. The quantitative estimate of drug-likeness (QED) is 0.767. The average Bonchev–Trinajstić information content (AvgIpc) is 3.05. The molecule has 1 amide bonds. The Morgan fingerprint density at radius 1 is 1.19 bits per heavy atom. The van der Waals surface area contributed by atoms with E-state index >= 15 is 0 Å². The summed E-state index contributed by atoms with van der Waals surface area (Å²) in [7, 11) is 0. The van der Waals surface area contributed by atoms with Crippen molar-refractivity contribution >= 4 is 23.3 Å². The summed E-state index contributed by atoms with van der Waals surface area (Å²) in [6.45, 7) is 0.632. The van der Waals surface area contributed by atoms with Crippen molar-refractivity contribution in [2.24, 2.45) is 11.3 Å². The van der Waals surface area contributed by atoms with Gasteiger partial charge in [0.25, 0.3) is 0 Å². The van der Waals surface area contributed by atoms with Crippen LogP contribution in [0, 0.1) is 11.3 Å². The summed E-state index contributed by atoms with van der Waals surface area (Å²) in [5.74, 6) is 0.593. The lowest BCUT2D eigenvalue weighted by Crippen LogP contribution is -2.37. The lowest BCUT2D eigenvalue weighted by atomic mass is 9.70. The van der Waals surface area contributed by atoms with Crippen LogP contribution in [0.15, 0.2) is 0 Å².